The first-order chi connectivity index (χ1) is 17.8. The summed E-state index contributed by atoms with van der Waals surface area (Å²) in [6.07, 6.45) is -0.753. The van der Waals surface area contributed by atoms with Crippen LogP contribution in [0.1, 0.15) is 36.5 Å². The zero-order valence-corrected chi connectivity index (χ0v) is 21.2. The molecule has 0 fully saturated rings. The third kappa shape index (κ3) is 7.09. The van der Waals surface area contributed by atoms with E-state index in [1.807, 2.05) is 0 Å². The molecule has 0 spiro atoms. The molecule has 0 aliphatic rings. The van der Waals surface area contributed by atoms with Crippen molar-refractivity contribution in [2.24, 2.45) is 0 Å². The van der Waals surface area contributed by atoms with E-state index in [1.165, 1.54) is 0 Å². The Hall–Kier alpha value is -3.88. The van der Waals surface area contributed by atoms with Crippen LogP contribution in [0.3, 0.4) is 0 Å². The molecule has 2 N–H and O–H groups in total. The lowest BCUT2D eigenvalue weighted by Gasteiger charge is -2.30. The standard InChI is InChI=1S/C29H32O8/c1-20(18-30)37-28(32)16-11-24(31)19-36-27-6-4-5-23(17-27)29(33,21-7-12-25(34-2)13-8-21)22-9-14-26(35-3)15-10-22/h4-10,12-15,17,20,30,33H,11,16,18-19H2,1-3H3. The smallest absolute Gasteiger partial charge is 0.306 e. The van der Waals surface area contributed by atoms with Crippen LogP contribution in [0.5, 0.6) is 17.2 Å². The summed E-state index contributed by atoms with van der Waals surface area (Å²) in [5.41, 5.74) is 0.230. The molecular weight excluding hydrogens is 476 g/mol. The summed E-state index contributed by atoms with van der Waals surface area (Å²) in [4.78, 5) is 24.0. The maximum absolute atomic E-state index is 12.3. The number of methoxy groups -OCH3 is 2. The van der Waals surface area contributed by atoms with Gasteiger partial charge < -0.3 is 29.2 Å². The van der Waals surface area contributed by atoms with Crippen LogP contribution in [-0.2, 0) is 19.9 Å². The minimum absolute atomic E-state index is 0.0433. The Balaban J connectivity index is 1.80. The molecule has 1 unspecified atom stereocenters. The van der Waals surface area contributed by atoms with E-state index >= 15 is 0 Å². The molecule has 3 aromatic carbocycles. The number of rotatable bonds is 13. The lowest BCUT2D eigenvalue weighted by atomic mass is 9.80. The number of carbonyl (C=O) groups is 2. The number of hydrogen-bond acceptors (Lipinski definition) is 8. The van der Waals surface area contributed by atoms with Crippen molar-refractivity contribution in [3.63, 3.8) is 0 Å². The van der Waals surface area contributed by atoms with Crippen molar-refractivity contribution in [3.8, 4) is 17.2 Å². The number of Topliss-reactive ketones (excluding diaryl/α,β-unsaturated/α-hetero) is 1. The highest BCUT2D eigenvalue weighted by atomic mass is 16.5. The van der Waals surface area contributed by atoms with E-state index in [1.54, 1.807) is 93.9 Å². The topological polar surface area (TPSA) is 112 Å². The van der Waals surface area contributed by atoms with Gasteiger partial charge in [0.15, 0.2) is 5.78 Å². The summed E-state index contributed by atoms with van der Waals surface area (Å²) in [5.74, 6) is 0.876. The summed E-state index contributed by atoms with van der Waals surface area (Å²) < 4.78 is 21.2. The number of aliphatic hydroxyl groups is 2. The van der Waals surface area contributed by atoms with Crippen LogP contribution in [-0.4, -0.2) is 55.5 Å². The molecule has 0 saturated heterocycles. The van der Waals surface area contributed by atoms with E-state index in [-0.39, 0.29) is 31.8 Å². The highest BCUT2D eigenvalue weighted by Gasteiger charge is 2.34. The van der Waals surface area contributed by atoms with Gasteiger partial charge in [0.1, 0.15) is 35.6 Å². The second-order valence-electron chi connectivity index (χ2n) is 8.51. The summed E-state index contributed by atoms with van der Waals surface area (Å²) in [5, 5.41) is 21.1. The van der Waals surface area contributed by atoms with Crippen molar-refractivity contribution >= 4 is 11.8 Å². The van der Waals surface area contributed by atoms with Crippen molar-refractivity contribution in [1.82, 2.24) is 0 Å². The summed E-state index contributed by atoms with van der Waals surface area (Å²) in [6, 6.07) is 21.1. The average Bonchev–Trinajstić information content (AvgIpc) is 2.94. The molecule has 3 rings (SSSR count). The second kappa shape index (κ2) is 12.9. The van der Waals surface area contributed by atoms with Gasteiger partial charge in [-0.2, -0.15) is 0 Å². The minimum atomic E-state index is -1.53. The zero-order valence-electron chi connectivity index (χ0n) is 21.2. The second-order valence-corrected chi connectivity index (χ2v) is 8.51. The normalized spacial score (nSPS) is 11.9. The van der Waals surface area contributed by atoms with Crippen LogP contribution in [0.2, 0.25) is 0 Å². The number of ketones is 1. The SMILES string of the molecule is COc1ccc(C(O)(c2ccc(OC)cc2)c2cccc(OCC(=O)CCC(=O)OC(C)CO)c2)cc1. The first-order valence-electron chi connectivity index (χ1n) is 11.9. The highest BCUT2D eigenvalue weighted by molar-refractivity contribution is 5.84. The first kappa shape index (κ1) is 27.7. The van der Waals surface area contributed by atoms with Gasteiger partial charge in [0.05, 0.1) is 27.2 Å². The molecule has 8 nitrogen and oxygen atoms in total. The van der Waals surface area contributed by atoms with Gasteiger partial charge in [-0.3, -0.25) is 9.59 Å². The van der Waals surface area contributed by atoms with Crippen molar-refractivity contribution < 1.29 is 38.7 Å². The number of esters is 1. The van der Waals surface area contributed by atoms with Gasteiger partial charge in [-0.05, 0) is 60.0 Å². The van der Waals surface area contributed by atoms with Gasteiger partial charge in [-0.1, -0.05) is 36.4 Å². The van der Waals surface area contributed by atoms with Crippen LogP contribution in [0.25, 0.3) is 0 Å². The fraction of sp³-hybridized carbons (Fsp3) is 0.310. The van der Waals surface area contributed by atoms with Crippen molar-refractivity contribution in [3.05, 3.63) is 89.5 Å². The zero-order chi connectivity index (χ0) is 26.8. The molecule has 0 aromatic heterocycles. The van der Waals surface area contributed by atoms with Crippen LogP contribution in [0.4, 0.5) is 0 Å². The summed E-state index contributed by atoms with van der Waals surface area (Å²) >= 11 is 0. The average molecular weight is 509 g/mol. The minimum Gasteiger partial charge on any atom is -0.497 e. The Bertz CT molecular complexity index is 1120. The summed E-state index contributed by atoms with van der Waals surface area (Å²) in [6.45, 7) is 1.04. The Morgan fingerprint density at radius 2 is 1.38 bits per heavy atom. The Labute approximate surface area is 216 Å². The van der Waals surface area contributed by atoms with Crippen LogP contribution in [0, 0.1) is 0 Å². The van der Waals surface area contributed by atoms with E-state index in [9.17, 15) is 14.7 Å². The van der Waals surface area contributed by atoms with Gasteiger partial charge in [0.25, 0.3) is 0 Å². The fourth-order valence-corrected chi connectivity index (χ4v) is 3.77. The molecule has 0 aliphatic heterocycles. The number of benzene rings is 3. The number of ether oxygens (including phenoxy) is 4. The third-order valence-corrected chi connectivity index (χ3v) is 5.86. The molecule has 8 heteroatoms. The van der Waals surface area contributed by atoms with Crippen LogP contribution in [0.15, 0.2) is 72.8 Å². The van der Waals surface area contributed by atoms with Gasteiger partial charge in [-0.25, -0.2) is 0 Å². The first-order valence-corrected chi connectivity index (χ1v) is 11.9. The van der Waals surface area contributed by atoms with Gasteiger partial charge in [0, 0.05) is 6.42 Å². The molecule has 3 aromatic rings. The number of hydrogen-bond donors (Lipinski definition) is 2. The lowest BCUT2D eigenvalue weighted by molar-refractivity contribution is -0.151. The maximum atomic E-state index is 12.3. The van der Waals surface area contributed by atoms with E-state index in [4.69, 9.17) is 24.1 Å². The molecule has 37 heavy (non-hydrogen) atoms. The van der Waals surface area contributed by atoms with E-state index in [0.717, 1.165) is 0 Å². The Morgan fingerprint density at radius 3 is 1.89 bits per heavy atom. The third-order valence-electron chi connectivity index (χ3n) is 5.86. The maximum Gasteiger partial charge on any atom is 0.306 e. The van der Waals surface area contributed by atoms with E-state index in [0.29, 0.717) is 33.9 Å². The van der Waals surface area contributed by atoms with Crippen LogP contribution >= 0.6 is 0 Å². The highest BCUT2D eigenvalue weighted by Crippen LogP contribution is 2.39. The van der Waals surface area contributed by atoms with Crippen molar-refractivity contribution in [1.29, 1.82) is 0 Å². The van der Waals surface area contributed by atoms with E-state index < -0.39 is 17.7 Å². The molecule has 196 valence electrons. The summed E-state index contributed by atoms with van der Waals surface area (Å²) in [7, 11) is 3.15. The fourth-order valence-electron chi connectivity index (χ4n) is 3.77. The molecule has 0 amide bonds. The van der Waals surface area contributed by atoms with E-state index in [2.05, 4.69) is 0 Å². The Morgan fingerprint density at radius 1 is 0.811 bits per heavy atom. The molecule has 0 bridgehead atoms. The number of aliphatic hydroxyl groups excluding tert-OH is 1. The largest absolute Gasteiger partial charge is 0.497 e. The monoisotopic (exact) mass is 508 g/mol. The number of carbonyl (C=O) groups excluding carboxylic acids is 2. The van der Waals surface area contributed by atoms with Gasteiger partial charge in [0.2, 0.25) is 0 Å². The molecule has 0 saturated carbocycles. The van der Waals surface area contributed by atoms with Crippen molar-refractivity contribution in [2.45, 2.75) is 31.5 Å². The van der Waals surface area contributed by atoms with Gasteiger partial charge >= 0.3 is 5.97 Å². The van der Waals surface area contributed by atoms with Gasteiger partial charge in [-0.15, -0.1) is 0 Å². The molecule has 0 aliphatic carbocycles. The molecular formula is C29H32O8. The van der Waals surface area contributed by atoms with Crippen molar-refractivity contribution in [2.75, 3.05) is 27.4 Å². The predicted octanol–water partition coefficient (Wildman–Crippen LogP) is 3.64. The van der Waals surface area contributed by atoms with Crippen LogP contribution < -0.4 is 14.2 Å². The molecule has 1 atom stereocenters. The predicted molar refractivity (Wildman–Crippen MR) is 137 cm³/mol. The Kier molecular flexibility index (Phi) is 9.65. The quantitative estimate of drug-likeness (QED) is 0.266. The molecule has 0 radical (unpaired) electrons. The molecule has 0 heterocycles. The lowest BCUT2D eigenvalue weighted by Crippen LogP contribution is -2.29.